The lowest BCUT2D eigenvalue weighted by Crippen LogP contribution is -2.39. The first kappa shape index (κ1) is 25.7. The van der Waals surface area contributed by atoms with Crippen LogP contribution in [0.3, 0.4) is 0 Å². The summed E-state index contributed by atoms with van der Waals surface area (Å²) in [5, 5.41) is 14.9. The number of rotatable bonds is 10. The van der Waals surface area contributed by atoms with Gasteiger partial charge in [-0.1, -0.05) is 29.8 Å². The SMILES string of the molecule is CCOc1ccc(S(=O)(=O)N(CC(=O)N/N=C/c2cc([N+](=O)[O-])ccc2Cl)c2ccccc2)cc1. The van der Waals surface area contributed by atoms with Gasteiger partial charge in [0, 0.05) is 22.7 Å². The smallest absolute Gasteiger partial charge is 0.270 e. The molecule has 35 heavy (non-hydrogen) atoms. The van der Waals surface area contributed by atoms with Crippen LogP contribution in [0.2, 0.25) is 5.02 Å². The van der Waals surface area contributed by atoms with Gasteiger partial charge in [0.15, 0.2) is 0 Å². The number of hydrazone groups is 1. The average molecular weight is 517 g/mol. The monoisotopic (exact) mass is 516 g/mol. The van der Waals surface area contributed by atoms with Crippen molar-refractivity contribution >= 4 is 45.1 Å². The second kappa shape index (κ2) is 11.4. The van der Waals surface area contributed by atoms with Gasteiger partial charge < -0.3 is 4.74 Å². The molecule has 0 saturated heterocycles. The number of amides is 1. The number of nitro benzene ring substituents is 1. The topological polar surface area (TPSA) is 131 Å². The van der Waals surface area contributed by atoms with Crippen molar-refractivity contribution in [1.82, 2.24) is 5.43 Å². The largest absolute Gasteiger partial charge is 0.494 e. The first-order chi connectivity index (χ1) is 16.7. The van der Waals surface area contributed by atoms with E-state index in [1.165, 1.54) is 42.5 Å². The van der Waals surface area contributed by atoms with E-state index in [2.05, 4.69) is 10.5 Å². The lowest BCUT2D eigenvalue weighted by atomic mass is 10.2. The molecule has 0 spiro atoms. The van der Waals surface area contributed by atoms with Gasteiger partial charge in [0.25, 0.3) is 21.6 Å². The van der Waals surface area contributed by atoms with Crippen LogP contribution in [-0.2, 0) is 14.8 Å². The number of para-hydroxylation sites is 1. The summed E-state index contributed by atoms with van der Waals surface area (Å²) in [7, 11) is -4.11. The molecule has 0 aliphatic heterocycles. The molecule has 182 valence electrons. The molecule has 1 N–H and O–H groups in total. The predicted octanol–water partition coefficient (Wildman–Crippen LogP) is 3.99. The first-order valence-corrected chi connectivity index (χ1v) is 12.1. The Morgan fingerprint density at radius 1 is 1.14 bits per heavy atom. The molecule has 1 amide bonds. The van der Waals surface area contributed by atoms with Gasteiger partial charge in [-0.2, -0.15) is 5.10 Å². The number of carbonyl (C=O) groups excluding carboxylic acids is 1. The van der Waals surface area contributed by atoms with E-state index in [4.69, 9.17) is 16.3 Å². The zero-order valence-corrected chi connectivity index (χ0v) is 20.1. The molecule has 0 aliphatic carbocycles. The highest BCUT2D eigenvalue weighted by molar-refractivity contribution is 7.92. The number of sulfonamides is 1. The zero-order chi connectivity index (χ0) is 25.4. The molecule has 0 radical (unpaired) electrons. The molecule has 0 saturated carbocycles. The number of hydrogen-bond acceptors (Lipinski definition) is 7. The standard InChI is InChI=1S/C23H21ClN4O6S/c1-2-34-20-9-11-21(12-10-20)35(32,33)27(18-6-4-3-5-7-18)16-23(29)26-25-15-17-14-19(28(30)31)8-13-22(17)24/h3-15H,2,16H2,1H3,(H,26,29)/b25-15+. The summed E-state index contributed by atoms with van der Waals surface area (Å²) in [6.45, 7) is 1.68. The highest BCUT2D eigenvalue weighted by Gasteiger charge is 2.27. The Morgan fingerprint density at radius 2 is 1.83 bits per heavy atom. The zero-order valence-electron chi connectivity index (χ0n) is 18.5. The van der Waals surface area contributed by atoms with Crippen molar-refractivity contribution < 1.29 is 22.9 Å². The highest BCUT2D eigenvalue weighted by atomic mass is 35.5. The van der Waals surface area contributed by atoms with Crippen molar-refractivity contribution in [3.05, 3.63) is 93.5 Å². The van der Waals surface area contributed by atoms with Crippen LogP contribution in [0.4, 0.5) is 11.4 Å². The van der Waals surface area contributed by atoms with Crippen molar-refractivity contribution in [2.24, 2.45) is 5.10 Å². The number of ether oxygens (including phenoxy) is 1. The lowest BCUT2D eigenvalue weighted by molar-refractivity contribution is -0.384. The minimum atomic E-state index is -4.11. The fourth-order valence-corrected chi connectivity index (χ4v) is 4.58. The number of hydrogen-bond donors (Lipinski definition) is 1. The Kier molecular flexibility index (Phi) is 8.39. The van der Waals surface area contributed by atoms with E-state index in [1.54, 1.807) is 30.3 Å². The van der Waals surface area contributed by atoms with Crippen LogP contribution in [0.25, 0.3) is 0 Å². The summed E-state index contributed by atoms with van der Waals surface area (Å²) in [6.07, 6.45) is 1.14. The average Bonchev–Trinajstić information content (AvgIpc) is 2.84. The van der Waals surface area contributed by atoms with Gasteiger partial charge >= 0.3 is 0 Å². The normalized spacial score (nSPS) is 11.3. The fraction of sp³-hybridized carbons (Fsp3) is 0.130. The molecular formula is C23H21ClN4O6S. The van der Waals surface area contributed by atoms with E-state index in [0.717, 1.165) is 10.5 Å². The van der Waals surface area contributed by atoms with Gasteiger partial charge in [-0.25, -0.2) is 13.8 Å². The number of anilines is 1. The molecule has 0 fully saturated rings. The second-order valence-corrected chi connectivity index (χ2v) is 9.28. The molecule has 10 nitrogen and oxygen atoms in total. The predicted molar refractivity (Wildman–Crippen MR) is 132 cm³/mol. The Morgan fingerprint density at radius 3 is 2.46 bits per heavy atom. The molecule has 3 aromatic carbocycles. The maximum Gasteiger partial charge on any atom is 0.270 e. The number of halogens is 1. The maximum atomic E-state index is 13.4. The summed E-state index contributed by atoms with van der Waals surface area (Å²) in [4.78, 5) is 22.9. The van der Waals surface area contributed by atoms with Gasteiger partial charge in [-0.15, -0.1) is 0 Å². The molecule has 0 heterocycles. The van der Waals surface area contributed by atoms with Crippen molar-refractivity contribution in [1.29, 1.82) is 0 Å². The number of non-ortho nitro benzene ring substituents is 1. The van der Waals surface area contributed by atoms with Crippen LogP contribution in [0.15, 0.2) is 82.8 Å². The van der Waals surface area contributed by atoms with E-state index in [1.807, 2.05) is 6.92 Å². The summed E-state index contributed by atoms with van der Waals surface area (Å²) in [6, 6.07) is 17.8. The summed E-state index contributed by atoms with van der Waals surface area (Å²) < 4.78 is 33.0. The first-order valence-electron chi connectivity index (χ1n) is 10.3. The van der Waals surface area contributed by atoms with Crippen LogP contribution in [0.1, 0.15) is 12.5 Å². The number of carbonyl (C=O) groups is 1. The Bertz CT molecular complexity index is 1330. The number of benzene rings is 3. The van der Waals surface area contributed by atoms with E-state index >= 15 is 0 Å². The van der Waals surface area contributed by atoms with Crippen LogP contribution in [-0.4, -0.2) is 38.6 Å². The third-order valence-corrected chi connectivity index (χ3v) is 6.77. The Balaban J connectivity index is 1.81. The summed E-state index contributed by atoms with van der Waals surface area (Å²) in [5.41, 5.74) is 2.53. The molecule has 0 bridgehead atoms. The minimum Gasteiger partial charge on any atom is -0.494 e. The molecule has 0 atom stereocenters. The van der Waals surface area contributed by atoms with Crippen LogP contribution >= 0.6 is 11.6 Å². The molecule has 0 aliphatic rings. The van der Waals surface area contributed by atoms with E-state index < -0.39 is 27.4 Å². The summed E-state index contributed by atoms with van der Waals surface area (Å²) in [5.74, 6) is -0.217. The van der Waals surface area contributed by atoms with Crippen molar-refractivity contribution in [3.63, 3.8) is 0 Å². The van der Waals surface area contributed by atoms with Crippen LogP contribution in [0.5, 0.6) is 5.75 Å². The van der Waals surface area contributed by atoms with Gasteiger partial charge in [-0.3, -0.25) is 19.2 Å². The Labute approximate surface area is 207 Å². The van der Waals surface area contributed by atoms with E-state index in [9.17, 15) is 23.3 Å². The third kappa shape index (κ3) is 6.55. The number of nitrogens with zero attached hydrogens (tertiary/aromatic N) is 3. The third-order valence-electron chi connectivity index (χ3n) is 4.64. The molecule has 12 heteroatoms. The molecular weight excluding hydrogens is 496 g/mol. The van der Waals surface area contributed by atoms with Crippen molar-refractivity contribution in [2.75, 3.05) is 17.5 Å². The highest BCUT2D eigenvalue weighted by Crippen LogP contribution is 2.25. The Hall–Kier alpha value is -3.96. The van der Waals surface area contributed by atoms with E-state index in [-0.39, 0.29) is 26.9 Å². The van der Waals surface area contributed by atoms with Gasteiger partial charge in [0.05, 0.1) is 28.3 Å². The van der Waals surface area contributed by atoms with Crippen molar-refractivity contribution in [2.45, 2.75) is 11.8 Å². The molecule has 0 aromatic heterocycles. The van der Waals surface area contributed by atoms with Crippen LogP contribution < -0.4 is 14.5 Å². The van der Waals surface area contributed by atoms with Gasteiger partial charge in [0.2, 0.25) is 0 Å². The fourth-order valence-electron chi connectivity index (χ4n) is 2.99. The number of nitro groups is 1. The molecule has 3 aromatic rings. The lowest BCUT2D eigenvalue weighted by Gasteiger charge is -2.23. The van der Waals surface area contributed by atoms with Gasteiger partial charge in [-0.05, 0) is 49.4 Å². The molecule has 0 unspecified atom stereocenters. The second-order valence-electron chi connectivity index (χ2n) is 7.01. The van der Waals surface area contributed by atoms with E-state index in [0.29, 0.717) is 12.4 Å². The van der Waals surface area contributed by atoms with Crippen LogP contribution in [0, 0.1) is 10.1 Å². The van der Waals surface area contributed by atoms with Gasteiger partial charge in [0.1, 0.15) is 12.3 Å². The summed E-state index contributed by atoms with van der Waals surface area (Å²) >= 11 is 6.02. The van der Waals surface area contributed by atoms with Crippen molar-refractivity contribution in [3.8, 4) is 5.75 Å². The number of nitrogens with one attached hydrogen (secondary N) is 1. The maximum absolute atomic E-state index is 13.4. The molecule has 3 rings (SSSR count). The quantitative estimate of drug-likeness (QED) is 0.246. The minimum absolute atomic E-state index is 0.0236.